The van der Waals surface area contributed by atoms with Crippen molar-refractivity contribution >= 4 is 67.1 Å². The van der Waals surface area contributed by atoms with Crippen LogP contribution in [0, 0.1) is 11.3 Å². The first-order chi connectivity index (χ1) is 22.5. The molecule has 0 aliphatic rings. The smallest absolute Gasteiger partial charge is 0.346 e. The van der Waals surface area contributed by atoms with E-state index < -0.39 is 5.97 Å². The van der Waals surface area contributed by atoms with Crippen LogP contribution < -0.4 is 0 Å². The van der Waals surface area contributed by atoms with Gasteiger partial charge in [-0.25, -0.2) is 4.79 Å². The number of carboxylic acid groups (broad SMARTS) is 1. The molecule has 0 aliphatic heterocycles. The summed E-state index contributed by atoms with van der Waals surface area (Å²) in [5.41, 5.74) is 7.15. The Morgan fingerprint density at radius 3 is 2.02 bits per heavy atom. The molecule has 3 aromatic carbocycles. The molecule has 0 saturated heterocycles. The maximum Gasteiger partial charge on any atom is 0.346 e. The Labute approximate surface area is 282 Å². The van der Waals surface area contributed by atoms with Gasteiger partial charge in [-0.15, -0.1) is 34.0 Å². The van der Waals surface area contributed by atoms with Gasteiger partial charge in [-0.1, -0.05) is 111 Å². The fourth-order valence-electron chi connectivity index (χ4n) is 5.52. The van der Waals surface area contributed by atoms with Crippen molar-refractivity contribution in [2.24, 2.45) is 0 Å². The first-order valence-electron chi connectivity index (χ1n) is 15.5. The van der Waals surface area contributed by atoms with Crippen LogP contribution in [0.5, 0.6) is 0 Å². The fourth-order valence-corrected chi connectivity index (χ4v) is 9.16. The number of carboxylic acids is 1. The molecular formula is C40H33NO2S3. The maximum atomic E-state index is 11.3. The van der Waals surface area contributed by atoms with Gasteiger partial charge in [-0.2, -0.15) is 5.26 Å². The van der Waals surface area contributed by atoms with Gasteiger partial charge in [0, 0.05) is 28.9 Å². The molecule has 1 N–H and O–H groups in total. The van der Waals surface area contributed by atoms with Crippen LogP contribution in [0.4, 0.5) is 0 Å². The van der Waals surface area contributed by atoms with E-state index in [1.54, 1.807) is 17.4 Å². The van der Waals surface area contributed by atoms with E-state index >= 15 is 0 Å². The van der Waals surface area contributed by atoms with Crippen LogP contribution in [0.15, 0.2) is 109 Å². The van der Waals surface area contributed by atoms with E-state index in [1.807, 2.05) is 17.4 Å². The predicted octanol–water partition coefficient (Wildman–Crippen LogP) is 12.1. The molecule has 228 valence electrons. The largest absolute Gasteiger partial charge is 0.477 e. The minimum Gasteiger partial charge on any atom is -0.477 e. The molecule has 3 nitrogen and oxygen atoms in total. The van der Waals surface area contributed by atoms with Crippen LogP contribution in [0.3, 0.4) is 0 Å². The first kappa shape index (κ1) is 31.4. The molecule has 3 heterocycles. The standard InChI is InChI=1S/C40H33NO2S3/c1-2-3-4-7-16-31-23-35(38-25-37-36(45-38)24-33(44-37)22-32(26-41)40(42)43)46-39(31)30-19-17-27(18-20-30)21-34(28-12-8-5-9-13-28)29-14-10-6-11-15-29/h5-6,8-15,17-25H,2-4,7,16H2,1H3,(H,42,43)/b32-22-. The van der Waals surface area contributed by atoms with Gasteiger partial charge < -0.3 is 5.11 Å². The number of fused-ring (bicyclic) bond motifs is 1. The Morgan fingerprint density at radius 2 is 1.41 bits per heavy atom. The average Bonchev–Trinajstić information content (AvgIpc) is 3.79. The Balaban J connectivity index is 1.32. The molecule has 6 heteroatoms. The molecule has 3 aromatic heterocycles. The third-order valence-corrected chi connectivity index (χ3v) is 11.5. The van der Waals surface area contributed by atoms with E-state index in [2.05, 4.69) is 110 Å². The fraction of sp³-hybridized carbons (Fsp3) is 0.150. The second-order valence-electron chi connectivity index (χ2n) is 11.2. The summed E-state index contributed by atoms with van der Waals surface area (Å²) in [6, 6.07) is 38.4. The van der Waals surface area contributed by atoms with Crippen LogP contribution in [-0.4, -0.2) is 11.1 Å². The Kier molecular flexibility index (Phi) is 10.0. The third-order valence-electron chi connectivity index (χ3n) is 7.87. The highest BCUT2D eigenvalue weighted by molar-refractivity contribution is 7.31. The van der Waals surface area contributed by atoms with Crippen molar-refractivity contribution in [2.75, 3.05) is 0 Å². The lowest BCUT2D eigenvalue weighted by Gasteiger charge is -2.10. The molecule has 0 bridgehead atoms. The monoisotopic (exact) mass is 655 g/mol. The highest BCUT2D eigenvalue weighted by Gasteiger charge is 2.16. The molecule has 6 rings (SSSR count). The van der Waals surface area contributed by atoms with Gasteiger partial charge >= 0.3 is 5.97 Å². The van der Waals surface area contributed by atoms with Gasteiger partial charge in [-0.05, 0) is 76.6 Å². The summed E-state index contributed by atoms with van der Waals surface area (Å²) in [7, 11) is 0. The van der Waals surface area contributed by atoms with E-state index in [9.17, 15) is 9.90 Å². The van der Waals surface area contributed by atoms with Crippen molar-refractivity contribution < 1.29 is 9.90 Å². The molecule has 0 atom stereocenters. The molecule has 0 unspecified atom stereocenters. The van der Waals surface area contributed by atoms with Crippen molar-refractivity contribution in [2.45, 2.75) is 39.0 Å². The number of nitrogens with zero attached hydrogens (tertiary/aromatic N) is 1. The number of aryl methyl sites for hydroxylation is 1. The zero-order valence-corrected chi connectivity index (χ0v) is 28.0. The van der Waals surface area contributed by atoms with Crippen molar-refractivity contribution in [1.29, 1.82) is 5.26 Å². The summed E-state index contributed by atoms with van der Waals surface area (Å²) in [6.45, 7) is 2.25. The molecule has 0 amide bonds. The molecular weight excluding hydrogens is 623 g/mol. The number of benzene rings is 3. The van der Waals surface area contributed by atoms with Crippen LogP contribution in [0.2, 0.25) is 0 Å². The summed E-state index contributed by atoms with van der Waals surface area (Å²) in [6.07, 6.45) is 9.67. The van der Waals surface area contributed by atoms with Crippen molar-refractivity contribution in [3.63, 3.8) is 0 Å². The van der Waals surface area contributed by atoms with Crippen molar-refractivity contribution in [3.8, 4) is 26.3 Å². The molecule has 6 aromatic rings. The second kappa shape index (κ2) is 14.7. The van der Waals surface area contributed by atoms with Gasteiger partial charge in [0.15, 0.2) is 0 Å². The highest BCUT2D eigenvalue weighted by Crippen LogP contribution is 2.45. The van der Waals surface area contributed by atoms with Gasteiger partial charge in [0.2, 0.25) is 0 Å². The quantitative estimate of drug-likeness (QED) is 0.0617. The summed E-state index contributed by atoms with van der Waals surface area (Å²) in [4.78, 5) is 15.9. The number of unbranched alkanes of at least 4 members (excludes halogenated alkanes) is 3. The van der Waals surface area contributed by atoms with Gasteiger partial charge in [0.05, 0.1) is 0 Å². The van der Waals surface area contributed by atoms with Gasteiger partial charge in [0.1, 0.15) is 11.6 Å². The van der Waals surface area contributed by atoms with E-state index in [1.165, 1.54) is 91.1 Å². The van der Waals surface area contributed by atoms with Crippen LogP contribution in [0.1, 0.15) is 59.7 Å². The molecule has 0 spiro atoms. The van der Waals surface area contributed by atoms with Crippen molar-refractivity contribution in [1.82, 2.24) is 0 Å². The number of hydrogen-bond acceptors (Lipinski definition) is 5. The third kappa shape index (κ3) is 7.29. The number of nitriles is 1. The van der Waals surface area contributed by atoms with E-state index in [-0.39, 0.29) is 5.57 Å². The SMILES string of the molecule is CCCCCCc1cc(-c2cc3sc(/C=C(/C#N)C(=O)O)cc3s2)sc1-c1ccc(C=C(c2ccccc2)c2ccccc2)cc1. The molecule has 0 saturated carbocycles. The number of aliphatic carboxylic acids is 1. The Hall–Kier alpha value is -4.54. The normalized spacial score (nSPS) is 11.4. The number of carbonyl (C=O) groups is 1. The van der Waals surface area contributed by atoms with Crippen LogP contribution in [0.25, 0.3) is 47.3 Å². The summed E-state index contributed by atoms with van der Waals surface area (Å²) >= 11 is 5.10. The van der Waals surface area contributed by atoms with E-state index in [0.717, 1.165) is 20.7 Å². The lowest BCUT2D eigenvalue weighted by molar-refractivity contribution is -0.132. The average molecular weight is 656 g/mol. The Bertz CT molecular complexity index is 1980. The maximum absolute atomic E-state index is 11.3. The molecule has 46 heavy (non-hydrogen) atoms. The zero-order valence-electron chi connectivity index (χ0n) is 25.5. The minimum absolute atomic E-state index is 0.248. The number of rotatable bonds is 12. The number of thiophene rings is 3. The predicted molar refractivity (Wildman–Crippen MR) is 197 cm³/mol. The summed E-state index contributed by atoms with van der Waals surface area (Å²) in [5.74, 6) is -1.20. The zero-order chi connectivity index (χ0) is 31.9. The van der Waals surface area contributed by atoms with E-state index in [4.69, 9.17) is 5.26 Å². The lowest BCUT2D eigenvalue weighted by Crippen LogP contribution is -1.96. The van der Waals surface area contributed by atoms with E-state index in [0.29, 0.717) is 0 Å². The van der Waals surface area contributed by atoms with Gasteiger partial charge in [-0.3, -0.25) is 0 Å². The number of hydrogen-bond donors (Lipinski definition) is 1. The highest BCUT2D eigenvalue weighted by atomic mass is 32.1. The summed E-state index contributed by atoms with van der Waals surface area (Å²) < 4.78 is 2.22. The van der Waals surface area contributed by atoms with Crippen LogP contribution in [-0.2, 0) is 11.2 Å². The lowest BCUT2D eigenvalue weighted by atomic mass is 9.95. The molecule has 0 fully saturated rings. The minimum atomic E-state index is -1.20. The summed E-state index contributed by atoms with van der Waals surface area (Å²) in [5, 5.41) is 18.4. The second-order valence-corrected chi connectivity index (χ2v) is 14.4. The van der Waals surface area contributed by atoms with Gasteiger partial charge in [0.25, 0.3) is 0 Å². The Morgan fingerprint density at radius 1 is 0.761 bits per heavy atom. The van der Waals surface area contributed by atoms with Crippen molar-refractivity contribution in [3.05, 3.63) is 136 Å². The first-order valence-corrected chi connectivity index (χ1v) is 17.9. The topological polar surface area (TPSA) is 61.1 Å². The van der Waals surface area contributed by atoms with Crippen LogP contribution >= 0.6 is 34.0 Å². The molecule has 0 radical (unpaired) electrons. The molecule has 0 aliphatic carbocycles.